The summed E-state index contributed by atoms with van der Waals surface area (Å²) >= 11 is 0. The lowest BCUT2D eigenvalue weighted by atomic mass is 9.95. The Kier molecular flexibility index (Phi) is 8.30. The highest BCUT2D eigenvalue weighted by atomic mass is 16.6. The van der Waals surface area contributed by atoms with E-state index in [1.54, 1.807) is 46.9 Å². The highest BCUT2D eigenvalue weighted by Crippen LogP contribution is 2.30. The van der Waals surface area contributed by atoms with Crippen LogP contribution in [0.1, 0.15) is 58.9 Å². The lowest BCUT2D eigenvalue weighted by Crippen LogP contribution is -2.60. The molecule has 1 fully saturated rings. The molecule has 8 nitrogen and oxygen atoms in total. The fourth-order valence-electron chi connectivity index (χ4n) is 3.62. The zero-order valence-corrected chi connectivity index (χ0v) is 19.1. The van der Waals surface area contributed by atoms with E-state index in [0.717, 1.165) is 18.4 Å². The van der Waals surface area contributed by atoms with Gasteiger partial charge in [-0.2, -0.15) is 0 Å². The number of ether oxygens (including phenoxy) is 3. The third-order valence-electron chi connectivity index (χ3n) is 5.11. The van der Waals surface area contributed by atoms with E-state index in [0.29, 0.717) is 18.6 Å². The molecule has 0 unspecified atom stereocenters. The van der Waals surface area contributed by atoms with Gasteiger partial charge < -0.3 is 24.8 Å². The summed E-state index contributed by atoms with van der Waals surface area (Å²) in [6.07, 6.45) is 2.17. The van der Waals surface area contributed by atoms with Crippen LogP contribution in [0.3, 0.4) is 0 Å². The van der Waals surface area contributed by atoms with Crippen LogP contribution in [0.25, 0.3) is 0 Å². The van der Waals surface area contributed by atoms with E-state index < -0.39 is 35.2 Å². The van der Waals surface area contributed by atoms with Gasteiger partial charge in [0.15, 0.2) is 0 Å². The molecule has 0 aliphatic heterocycles. The Hall–Kier alpha value is -2.77. The summed E-state index contributed by atoms with van der Waals surface area (Å²) in [6, 6.07) is 6.38. The van der Waals surface area contributed by atoms with Gasteiger partial charge in [-0.3, -0.25) is 4.79 Å². The smallest absolute Gasteiger partial charge is 0.408 e. The molecule has 2 amide bonds. The molecule has 31 heavy (non-hydrogen) atoms. The van der Waals surface area contributed by atoms with Gasteiger partial charge in [0.2, 0.25) is 5.91 Å². The number of amides is 2. The predicted molar refractivity (Wildman–Crippen MR) is 116 cm³/mol. The van der Waals surface area contributed by atoms with Crippen molar-refractivity contribution >= 4 is 18.0 Å². The van der Waals surface area contributed by atoms with Crippen LogP contribution in [0.2, 0.25) is 0 Å². The number of esters is 1. The minimum atomic E-state index is -1.10. The second-order valence-electron chi connectivity index (χ2n) is 8.75. The summed E-state index contributed by atoms with van der Waals surface area (Å²) in [4.78, 5) is 38.2. The number of nitrogens with one attached hydrogen (secondary N) is 2. The van der Waals surface area contributed by atoms with Crippen LogP contribution in [0.5, 0.6) is 5.75 Å². The van der Waals surface area contributed by atoms with Crippen LogP contribution < -0.4 is 15.4 Å². The first-order valence-corrected chi connectivity index (χ1v) is 10.7. The fourth-order valence-corrected chi connectivity index (χ4v) is 3.62. The largest absolute Gasteiger partial charge is 0.497 e. The minimum absolute atomic E-state index is 0.203. The van der Waals surface area contributed by atoms with Crippen molar-refractivity contribution in [3.05, 3.63) is 29.8 Å². The highest BCUT2D eigenvalue weighted by molar-refractivity contribution is 5.93. The first-order valence-electron chi connectivity index (χ1n) is 10.7. The molecule has 1 atom stereocenters. The lowest BCUT2D eigenvalue weighted by Gasteiger charge is -2.32. The summed E-state index contributed by atoms with van der Waals surface area (Å²) in [6.45, 7) is 7.21. The zero-order chi connectivity index (χ0) is 23.1. The maximum Gasteiger partial charge on any atom is 0.408 e. The van der Waals surface area contributed by atoms with Gasteiger partial charge in [-0.25, -0.2) is 9.59 Å². The van der Waals surface area contributed by atoms with E-state index in [-0.39, 0.29) is 13.0 Å². The number of carbonyl (C=O) groups excluding carboxylic acids is 3. The van der Waals surface area contributed by atoms with Crippen molar-refractivity contribution in [1.29, 1.82) is 0 Å². The van der Waals surface area contributed by atoms with Crippen LogP contribution in [0, 0.1) is 0 Å². The second kappa shape index (κ2) is 10.5. The van der Waals surface area contributed by atoms with Crippen molar-refractivity contribution in [2.45, 2.75) is 77.0 Å². The summed E-state index contributed by atoms with van der Waals surface area (Å²) < 4.78 is 15.7. The molecule has 0 radical (unpaired) electrons. The molecular weight excluding hydrogens is 400 g/mol. The monoisotopic (exact) mass is 434 g/mol. The van der Waals surface area contributed by atoms with E-state index >= 15 is 0 Å². The first-order chi connectivity index (χ1) is 14.6. The van der Waals surface area contributed by atoms with Gasteiger partial charge in [-0.05, 0) is 58.2 Å². The van der Waals surface area contributed by atoms with Crippen molar-refractivity contribution in [1.82, 2.24) is 10.6 Å². The molecule has 0 bridgehead atoms. The maximum absolute atomic E-state index is 13.3. The number of rotatable bonds is 8. The van der Waals surface area contributed by atoms with E-state index in [1.807, 2.05) is 12.1 Å². The Bertz CT molecular complexity index is 763. The number of hydrogen-bond donors (Lipinski definition) is 2. The van der Waals surface area contributed by atoms with Gasteiger partial charge >= 0.3 is 12.1 Å². The molecular formula is C23H34N2O6. The maximum atomic E-state index is 13.3. The Morgan fingerprint density at radius 1 is 1.10 bits per heavy atom. The molecule has 0 aromatic heterocycles. The molecule has 1 aliphatic rings. The Labute approximate surface area is 184 Å². The number of hydrogen-bond acceptors (Lipinski definition) is 6. The SMILES string of the molecule is CCOC(=O)[C@H](Cc1ccc(OC)cc1)NC(=O)C1(NC(=O)OC(C)(C)C)CCCC1. The van der Waals surface area contributed by atoms with Crippen molar-refractivity contribution < 1.29 is 28.6 Å². The average Bonchev–Trinajstić information content (AvgIpc) is 3.16. The standard InChI is InChI=1S/C23H34N2O6/c1-6-30-19(26)18(15-16-9-11-17(29-5)12-10-16)24-20(27)23(13-7-8-14-23)25-21(28)31-22(2,3)4/h9-12,18H,6-8,13-15H2,1-5H3,(H,24,27)(H,25,28)/t18-/m0/s1. The Balaban J connectivity index is 2.16. The molecule has 1 aliphatic carbocycles. The van der Waals surface area contributed by atoms with Crippen LogP contribution in [-0.4, -0.2) is 48.9 Å². The summed E-state index contributed by atoms with van der Waals surface area (Å²) in [5.41, 5.74) is -0.936. The first kappa shape index (κ1) is 24.5. The van der Waals surface area contributed by atoms with Crippen LogP contribution in [0.15, 0.2) is 24.3 Å². The summed E-state index contributed by atoms with van der Waals surface area (Å²) in [5, 5.41) is 5.58. The van der Waals surface area contributed by atoms with E-state index in [1.165, 1.54) is 0 Å². The molecule has 2 N–H and O–H groups in total. The second-order valence-corrected chi connectivity index (χ2v) is 8.75. The van der Waals surface area contributed by atoms with E-state index in [4.69, 9.17) is 14.2 Å². The Morgan fingerprint density at radius 3 is 2.23 bits per heavy atom. The molecule has 0 heterocycles. The summed E-state index contributed by atoms with van der Waals surface area (Å²) in [7, 11) is 1.58. The van der Waals surface area contributed by atoms with Gasteiger partial charge in [0.25, 0.3) is 0 Å². The predicted octanol–water partition coefficient (Wildman–Crippen LogP) is 3.12. The fraction of sp³-hybridized carbons (Fsp3) is 0.609. The molecule has 2 rings (SSSR count). The molecule has 8 heteroatoms. The van der Waals surface area contributed by atoms with Crippen LogP contribution in [0.4, 0.5) is 4.79 Å². The zero-order valence-electron chi connectivity index (χ0n) is 19.1. The third kappa shape index (κ3) is 7.15. The van der Waals surface area contributed by atoms with Gasteiger partial charge in [0.05, 0.1) is 13.7 Å². The topological polar surface area (TPSA) is 103 Å². The van der Waals surface area contributed by atoms with Crippen molar-refractivity contribution in [3.63, 3.8) is 0 Å². The number of benzene rings is 1. The molecule has 1 aromatic carbocycles. The van der Waals surface area contributed by atoms with Gasteiger partial charge in [-0.15, -0.1) is 0 Å². The number of alkyl carbamates (subject to hydrolysis) is 1. The van der Waals surface area contributed by atoms with Crippen LogP contribution in [-0.2, 0) is 25.5 Å². The van der Waals surface area contributed by atoms with Crippen molar-refractivity contribution in [2.24, 2.45) is 0 Å². The Morgan fingerprint density at radius 2 is 1.71 bits per heavy atom. The van der Waals surface area contributed by atoms with Crippen LogP contribution >= 0.6 is 0 Å². The van der Waals surface area contributed by atoms with Gasteiger partial charge in [-0.1, -0.05) is 25.0 Å². The molecule has 172 valence electrons. The third-order valence-corrected chi connectivity index (χ3v) is 5.11. The normalized spacial score (nSPS) is 16.2. The van der Waals surface area contributed by atoms with Gasteiger partial charge in [0, 0.05) is 6.42 Å². The number of carbonyl (C=O) groups is 3. The van der Waals surface area contributed by atoms with Gasteiger partial charge in [0.1, 0.15) is 22.9 Å². The highest BCUT2D eigenvalue weighted by Gasteiger charge is 2.44. The number of methoxy groups -OCH3 is 1. The lowest BCUT2D eigenvalue weighted by molar-refractivity contribution is -0.148. The van der Waals surface area contributed by atoms with E-state index in [2.05, 4.69) is 10.6 Å². The molecule has 1 aromatic rings. The van der Waals surface area contributed by atoms with Crippen molar-refractivity contribution in [3.8, 4) is 5.75 Å². The molecule has 1 saturated carbocycles. The van der Waals surface area contributed by atoms with E-state index in [9.17, 15) is 14.4 Å². The average molecular weight is 435 g/mol. The molecule has 0 spiro atoms. The molecule has 0 saturated heterocycles. The summed E-state index contributed by atoms with van der Waals surface area (Å²) in [5.74, 6) is -0.216. The van der Waals surface area contributed by atoms with Crippen molar-refractivity contribution in [2.75, 3.05) is 13.7 Å². The quantitative estimate of drug-likeness (QED) is 0.610. The minimum Gasteiger partial charge on any atom is -0.497 e.